The first-order valence-corrected chi connectivity index (χ1v) is 7.40. The topological polar surface area (TPSA) is 26.7 Å². The van der Waals surface area contributed by atoms with Crippen molar-refractivity contribution in [2.24, 2.45) is 0 Å². The normalized spacial score (nSPS) is 27.6. The van der Waals surface area contributed by atoms with Crippen molar-refractivity contribution < 1.29 is 5.11 Å². The number of anilines is 1. The molecule has 0 aromatic heterocycles. The number of fused-ring (bicyclic) bond motifs is 1. The first-order valence-electron chi connectivity index (χ1n) is 7.40. The molecule has 2 atom stereocenters. The second-order valence-electron chi connectivity index (χ2n) is 6.06. The lowest BCUT2D eigenvalue weighted by Crippen LogP contribution is -2.55. The van der Waals surface area contributed by atoms with Gasteiger partial charge in [-0.05, 0) is 56.5 Å². The molecule has 0 saturated carbocycles. The lowest BCUT2D eigenvalue weighted by molar-refractivity contribution is 0.203. The minimum atomic E-state index is 0.137. The summed E-state index contributed by atoms with van der Waals surface area (Å²) in [4.78, 5) is 5.19. The molecule has 0 spiro atoms. The minimum absolute atomic E-state index is 0.137. The van der Waals surface area contributed by atoms with Crippen LogP contribution in [-0.2, 0) is 6.61 Å². The fraction of sp³-hybridized carbons (Fsp3) is 0.625. The smallest absolute Gasteiger partial charge is 0.0684 e. The van der Waals surface area contributed by atoms with Crippen molar-refractivity contribution in [1.82, 2.24) is 4.90 Å². The average Bonchev–Trinajstić information content (AvgIpc) is 2.84. The van der Waals surface area contributed by atoms with Gasteiger partial charge in [-0.2, -0.15) is 0 Å². The largest absolute Gasteiger partial charge is 0.392 e. The summed E-state index contributed by atoms with van der Waals surface area (Å²) in [5.74, 6) is 0. The van der Waals surface area contributed by atoms with Crippen LogP contribution in [0.1, 0.15) is 30.9 Å². The zero-order chi connectivity index (χ0) is 13.4. The zero-order valence-corrected chi connectivity index (χ0v) is 12.0. The molecule has 104 valence electrons. The molecule has 1 aromatic carbocycles. The summed E-state index contributed by atoms with van der Waals surface area (Å²) in [5, 5.41) is 9.27. The molecular weight excluding hydrogens is 236 g/mol. The summed E-state index contributed by atoms with van der Waals surface area (Å²) in [5.41, 5.74) is 3.55. The Labute approximate surface area is 115 Å². The van der Waals surface area contributed by atoms with Crippen LogP contribution in [0.3, 0.4) is 0 Å². The van der Waals surface area contributed by atoms with Crippen molar-refractivity contribution in [3.05, 3.63) is 29.3 Å². The zero-order valence-electron chi connectivity index (χ0n) is 12.0. The van der Waals surface area contributed by atoms with Crippen LogP contribution < -0.4 is 4.90 Å². The third kappa shape index (κ3) is 2.37. The highest BCUT2D eigenvalue weighted by atomic mass is 16.3. The Hall–Kier alpha value is -1.06. The number of aliphatic hydroxyl groups excluding tert-OH is 1. The maximum atomic E-state index is 9.27. The second kappa shape index (κ2) is 5.14. The Balaban J connectivity index is 1.82. The third-order valence-electron chi connectivity index (χ3n) is 4.77. The lowest BCUT2D eigenvalue weighted by atomic mass is 10.0. The molecule has 2 aliphatic heterocycles. The van der Waals surface area contributed by atoms with E-state index in [4.69, 9.17) is 0 Å². The molecule has 2 unspecified atom stereocenters. The maximum Gasteiger partial charge on any atom is 0.0684 e. The first-order chi connectivity index (χ1) is 9.19. The van der Waals surface area contributed by atoms with E-state index in [0.29, 0.717) is 6.04 Å². The summed E-state index contributed by atoms with van der Waals surface area (Å²) >= 11 is 0. The van der Waals surface area contributed by atoms with Gasteiger partial charge in [0.1, 0.15) is 0 Å². The number of hydrogen-bond donors (Lipinski definition) is 1. The molecule has 0 radical (unpaired) electrons. The summed E-state index contributed by atoms with van der Waals surface area (Å²) in [6.07, 6.45) is 2.70. The highest BCUT2D eigenvalue weighted by Gasteiger charge is 2.34. The van der Waals surface area contributed by atoms with Crippen LogP contribution in [0, 0.1) is 6.92 Å². The number of rotatable bonds is 2. The summed E-state index contributed by atoms with van der Waals surface area (Å²) < 4.78 is 0. The fourth-order valence-corrected chi connectivity index (χ4v) is 3.58. The van der Waals surface area contributed by atoms with Gasteiger partial charge in [0.25, 0.3) is 0 Å². The average molecular weight is 260 g/mol. The predicted octanol–water partition coefficient (Wildman–Crippen LogP) is 2.16. The van der Waals surface area contributed by atoms with Gasteiger partial charge in [-0.15, -0.1) is 0 Å². The van der Waals surface area contributed by atoms with Gasteiger partial charge in [0.2, 0.25) is 0 Å². The Kier molecular flexibility index (Phi) is 3.50. The van der Waals surface area contributed by atoms with Gasteiger partial charge >= 0.3 is 0 Å². The van der Waals surface area contributed by atoms with Crippen molar-refractivity contribution in [1.29, 1.82) is 0 Å². The molecule has 0 bridgehead atoms. The van der Waals surface area contributed by atoms with E-state index in [0.717, 1.165) is 18.2 Å². The molecule has 1 aromatic rings. The van der Waals surface area contributed by atoms with E-state index in [2.05, 4.69) is 41.8 Å². The Morgan fingerprint density at radius 1 is 1.32 bits per heavy atom. The second-order valence-corrected chi connectivity index (χ2v) is 6.06. The minimum Gasteiger partial charge on any atom is -0.392 e. The maximum absolute atomic E-state index is 9.27. The predicted molar refractivity (Wildman–Crippen MR) is 78.5 cm³/mol. The number of nitrogens with zero attached hydrogens (tertiary/aromatic N) is 2. The van der Waals surface area contributed by atoms with Crippen LogP contribution in [0.25, 0.3) is 0 Å². The van der Waals surface area contributed by atoms with Crippen molar-refractivity contribution in [2.45, 2.75) is 45.4 Å². The Morgan fingerprint density at radius 2 is 2.16 bits per heavy atom. The standard InChI is InChI=1S/C16H24N2O/c1-12-8-15(6-5-14(12)11-19)18-10-16-4-3-7-17(16)9-13(18)2/h5-6,8,13,16,19H,3-4,7,9-11H2,1-2H3. The fourth-order valence-electron chi connectivity index (χ4n) is 3.58. The molecule has 2 saturated heterocycles. The van der Waals surface area contributed by atoms with Gasteiger partial charge < -0.3 is 10.0 Å². The molecule has 2 aliphatic rings. The van der Waals surface area contributed by atoms with E-state index in [1.54, 1.807) is 0 Å². The van der Waals surface area contributed by atoms with E-state index >= 15 is 0 Å². The molecule has 3 nitrogen and oxygen atoms in total. The molecule has 1 N–H and O–H groups in total. The number of piperazine rings is 1. The highest BCUT2D eigenvalue weighted by Crippen LogP contribution is 2.29. The summed E-state index contributed by atoms with van der Waals surface area (Å²) in [6.45, 7) is 8.17. The van der Waals surface area contributed by atoms with Gasteiger partial charge in [-0.3, -0.25) is 4.90 Å². The van der Waals surface area contributed by atoms with E-state index in [1.165, 1.54) is 37.2 Å². The molecule has 2 heterocycles. The van der Waals surface area contributed by atoms with E-state index in [9.17, 15) is 5.11 Å². The molecule has 3 heteroatoms. The van der Waals surface area contributed by atoms with Gasteiger partial charge in [-0.1, -0.05) is 6.07 Å². The van der Waals surface area contributed by atoms with Crippen molar-refractivity contribution in [2.75, 3.05) is 24.5 Å². The number of aryl methyl sites for hydroxylation is 1. The van der Waals surface area contributed by atoms with Crippen LogP contribution >= 0.6 is 0 Å². The number of hydrogen-bond acceptors (Lipinski definition) is 3. The quantitative estimate of drug-likeness (QED) is 0.883. The van der Waals surface area contributed by atoms with E-state index < -0.39 is 0 Å². The highest BCUT2D eigenvalue weighted by molar-refractivity contribution is 5.52. The SMILES string of the molecule is Cc1cc(N2CC3CCCN3CC2C)ccc1CO. The van der Waals surface area contributed by atoms with Crippen molar-refractivity contribution >= 4 is 5.69 Å². The Bertz CT molecular complexity index is 460. The first kappa shape index (κ1) is 12.9. The molecule has 0 amide bonds. The van der Waals surface area contributed by atoms with Crippen molar-refractivity contribution in [3.63, 3.8) is 0 Å². The van der Waals surface area contributed by atoms with Gasteiger partial charge in [0.05, 0.1) is 6.61 Å². The molecule has 0 aliphatic carbocycles. The van der Waals surface area contributed by atoms with E-state index in [-0.39, 0.29) is 6.61 Å². The lowest BCUT2D eigenvalue weighted by Gasteiger charge is -2.43. The van der Waals surface area contributed by atoms with Crippen LogP contribution in [0.2, 0.25) is 0 Å². The molecule has 2 fully saturated rings. The Morgan fingerprint density at radius 3 is 2.89 bits per heavy atom. The van der Waals surface area contributed by atoms with Gasteiger partial charge in [-0.25, -0.2) is 0 Å². The molecule has 3 rings (SSSR count). The summed E-state index contributed by atoms with van der Waals surface area (Å²) in [6, 6.07) is 7.79. The van der Waals surface area contributed by atoms with Crippen LogP contribution in [-0.4, -0.2) is 41.7 Å². The van der Waals surface area contributed by atoms with Crippen LogP contribution in [0.4, 0.5) is 5.69 Å². The van der Waals surface area contributed by atoms with E-state index in [1.807, 2.05) is 0 Å². The van der Waals surface area contributed by atoms with Crippen molar-refractivity contribution in [3.8, 4) is 0 Å². The third-order valence-corrected chi connectivity index (χ3v) is 4.77. The number of aliphatic hydroxyl groups is 1. The van der Waals surface area contributed by atoms with Gasteiger partial charge in [0.15, 0.2) is 0 Å². The summed E-state index contributed by atoms with van der Waals surface area (Å²) in [7, 11) is 0. The van der Waals surface area contributed by atoms with Crippen LogP contribution in [0.15, 0.2) is 18.2 Å². The van der Waals surface area contributed by atoms with Crippen LogP contribution in [0.5, 0.6) is 0 Å². The molecular formula is C16H24N2O. The van der Waals surface area contributed by atoms with Gasteiger partial charge in [0, 0.05) is 30.9 Å². The number of benzene rings is 1. The monoisotopic (exact) mass is 260 g/mol. The molecule has 19 heavy (non-hydrogen) atoms.